The lowest BCUT2D eigenvalue weighted by Crippen LogP contribution is -2.07. The fourth-order valence-corrected chi connectivity index (χ4v) is 1.55. The molecule has 0 fully saturated rings. The van der Waals surface area contributed by atoms with Crippen molar-refractivity contribution in [1.82, 2.24) is 19.7 Å². The van der Waals surface area contributed by atoms with E-state index in [-0.39, 0.29) is 5.16 Å². The molecule has 0 aliphatic heterocycles. The molecule has 0 atom stereocenters. The van der Waals surface area contributed by atoms with Gasteiger partial charge >= 0.3 is 0 Å². The van der Waals surface area contributed by atoms with Crippen molar-refractivity contribution in [1.29, 1.82) is 0 Å². The standard InChI is InChI=1S/C8H8N4O2S/c1-15(13,14)8-9-5-3-7(11-8)12-6-2-4-10-12/h2-6H,1H3. The second-order valence-corrected chi connectivity index (χ2v) is 4.83. The van der Waals surface area contributed by atoms with E-state index in [4.69, 9.17) is 0 Å². The topological polar surface area (TPSA) is 77.7 Å². The van der Waals surface area contributed by atoms with Crippen LogP contribution in [-0.2, 0) is 9.84 Å². The van der Waals surface area contributed by atoms with E-state index in [9.17, 15) is 8.42 Å². The zero-order valence-electron chi connectivity index (χ0n) is 7.90. The van der Waals surface area contributed by atoms with Gasteiger partial charge in [0.25, 0.3) is 0 Å². The SMILES string of the molecule is CS(=O)(=O)c1nccc(-n2cccn2)n1. The summed E-state index contributed by atoms with van der Waals surface area (Å²) in [4.78, 5) is 7.57. The minimum atomic E-state index is -3.38. The van der Waals surface area contributed by atoms with Crippen LogP contribution >= 0.6 is 0 Å². The predicted octanol–water partition coefficient (Wildman–Crippen LogP) is 0.0658. The van der Waals surface area contributed by atoms with Crippen molar-refractivity contribution in [2.24, 2.45) is 0 Å². The van der Waals surface area contributed by atoms with Crippen molar-refractivity contribution >= 4 is 9.84 Å². The van der Waals surface area contributed by atoms with Gasteiger partial charge in [-0.1, -0.05) is 0 Å². The van der Waals surface area contributed by atoms with Crippen molar-refractivity contribution in [3.05, 3.63) is 30.7 Å². The average molecular weight is 224 g/mol. The van der Waals surface area contributed by atoms with Crippen LogP contribution in [0.5, 0.6) is 0 Å². The molecule has 2 heterocycles. The lowest BCUT2D eigenvalue weighted by molar-refractivity contribution is 0.591. The van der Waals surface area contributed by atoms with Gasteiger partial charge in [0.05, 0.1) is 0 Å². The van der Waals surface area contributed by atoms with Crippen LogP contribution in [0.2, 0.25) is 0 Å². The maximum absolute atomic E-state index is 11.2. The summed E-state index contributed by atoms with van der Waals surface area (Å²) >= 11 is 0. The first-order valence-corrected chi connectivity index (χ1v) is 5.99. The number of sulfone groups is 1. The van der Waals surface area contributed by atoms with Crippen LogP contribution in [0.4, 0.5) is 0 Å². The Balaban J connectivity index is 2.53. The van der Waals surface area contributed by atoms with Crippen LogP contribution in [0.25, 0.3) is 5.82 Å². The Morgan fingerprint density at radius 1 is 1.33 bits per heavy atom. The predicted molar refractivity (Wildman–Crippen MR) is 52.3 cm³/mol. The van der Waals surface area contributed by atoms with Crippen molar-refractivity contribution < 1.29 is 8.42 Å². The normalized spacial score (nSPS) is 11.5. The molecule has 0 saturated carbocycles. The van der Waals surface area contributed by atoms with Crippen LogP contribution in [0.15, 0.2) is 35.9 Å². The van der Waals surface area contributed by atoms with Gasteiger partial charge in [0.2, 0.25) is 15.0 Å². The molecule has 0 amide bonds. The maximum atomic E-state index is 11.2. The summed E-state index contributed by atoms with van der Waals surface area (Å²) in [5.74, 6) is 0.426. The second-order valence-electron chi connectivity index (χ2n) is 2.92. The van der Waals surface area contributed by atoms with Crippen molar-refractivity contribution in [2.45, 2.75) is 5.16 Å². The molecule has 0 bridgehead atoms. The third kappa shape index (κ3) is 2.01. The molecule has 0 saturated heterocycles. The number of rotatable bonds is 2. The summed E-state index contributed by atoms with van der Waals surface area (Å²) in [7, 11) is -3.38. The lowest BCUT2D eigenvalue weighted by Gasteiger charge is -2.01. The van der Waals surface area contributed by atoms with Gasteiger partial charge in [-0.3, -0.25) is 0 Å². The van der Waals surface area contributed by atoms with Gasteiger partial charge in [0.1, 0.15) is 0 Å². The molecule has 0 spiro atoms. The smallest absolute Gasteiger partial charge is 0.227 e. The molecule has 0 radical (unpaired) electrons. The van der Waals surface area contributed by atoms with Gasteiger partial charge in [-0.2, -0.15) is 10.1 Å². The molecule has 0 aromatic carbocycles. The summed E-state index contributed by atoms with van der Waals surface area (Å²) < 4.78 is 23.9. The number of aromatic nitrogens is 4. The summed E-state index contributed by atoms with van der Waals surface area (Å²) in [5.41, 5.74) is 0. The fourth-order valence-electron chi connectivity index (χ4n) is 1.04. The maximum Gasteiger partial charge on any atom is 0.248 e. The molecule has 7 heteroatoms. The monoisotopic (exact) mass is 224 g/mol. The summed E-state index contributed by atoms with van der Waals surface area (Å²) in [6.45, 7) is 0. The van der Waals surface area contributed by atoms with Crippen LogP contribution < -0.4 is 0 Å². The van der Waals surface area contributed by atoms with E-state index < -0.39 is 9.84 Å². The molecule has 0 aliphatic carbocycles. The summed E-state index contributed by atoms with van der Waals surface area (Å²) in [6, 6.07) is 3.31. The lowest BCUT2D eigenvalue weighted by atomic mass is 10.6. The molecule has 6 nitrogen and oxygen atoms in total. The van der Waals surface area contributed by atoms with Gasteiger partial charge in [-0.25, -0.2) is 18.1 Å². The molecule has 15 heavy (non-hydrogen) atoms. The van der Waals surface area contributed by atoms with Gasteiger partial charge < -0.3 is 0 Å². The van der Waals surface area contributed by atoms with Crippen molar-refractivity contribution in [2.75, 3.05) is 6.26 Å². The molecular formula is C8H8N4O2S. The van der Waals surface area contributed by atoms with Crippen molar-refractivity contribution in [3.8, 4) is 5.82 Å². The highest BCUT2D eigenvalue weighted by Crippen LogP contribution is 2.05. The quantitative estimate of drug-likeness (QED) is 0.674. The molecule has 2 rings (SSSR count). The Kier molecular flexibility index (Phi) is 2.24. The molecule has 78 valence electrons. The molecule has 2 aromatic heterocycles. The molecule has 0 unspecified atom stereocenters. The van der Waals surface area contributed by atoms with E-state index in [2.05, 4.69) is 15.1 Å². The van der Waals surface area contributed by atoms with Crippen LogP contribution in [0, 0.1) is 0 Å². The Bertz CT molecular complexity index is 562. The summed E-state index contributed by atoms with van der Waals surface area (Å²) in [5, 5.41) is 3.74. The first kappa shape index (κ1) is 9.78. The Labute approximate surface area is 86.5 Å². The van der Waals surface area contributed by atoms with Gasteiger partial charge in [-0.15, -0.1) is 0 Å². The van der Waals surface area contributed by atoms with E-state index in [1.807, 2.05) is 0 Å². The van der Waals surface area contributed by atoms with Crippen LogP contribution in [0.3, 0.4) is 0 Å². The number of hydrogen-bond donors (Lipinski definition) is 0. The Morgan fingerprint density at radius 2 is 2.13 bits per heavy atom. The van der Waals surface area contributed by atoms with E-state index in [0.29, 0.717) is 5.82 Å². The van der Waals surface area contributed by atoms with Gasteiger partial charge in [0.15, 0.2) is 5.82 Å². The first-order chi connectivity index (χ1) is 7.07. The summed E-state index contributed by atoms with van der Waals surface area (Å²) in [6.07, 6.45) is 5.71. The average Bonchev–Trinajstić information content (AvgIpc) is 2.69. The highest BCUT2D eigenvalue weighted by atomic mass is 32.2. The van der Waals surface area contributed by atoms with E-state index >= 15 is 0 Å². The largest absolute Gasteiger partial charge is 0.248 e. The Hall–Kier alpha value is -1.76. The van der Waals surface area contributed by atoms with Gasteiger partial charge in [-0.05, 0) is 6.07 Å². The first-order valence-electron chi connectivity index (χ1n) is 4.10. The third-order valence-electron chi connectivity index (χ3n) is 1.69. The highest BCUT2D eigenvalue weighted by Gasteiger charge is 2.11. The minimum absolute atomic E-state index is 0.199. The van der Waals surface area contributed by atoms with E-state index in [1.165, 1.54) is 10.9 Å². The zero-order valence-corrected chi connectivity index (χ0v) is 8.72. The highest BCUT2D eigenvalue weighted by molar-refractivity contribution is 7.90. The van der Waals surface area contributed by atoms with Gasteiger partial charge in [0, 0.05) is 30.9 Å². The van der Waals surface area contributed by atoms with E-state index in [0.717, 1.165) is 6.26 Å². The Morgan fingerprint density at radius 3 is 2.73 bits per heavy atom. The second kappa shape index (κ2) is 3.43. The fraction of sp³-hybridized carbons (Fsp3) is 0.125. The third-order valence-corrected chi connectivity index (χ3v) is 2.55. The number of hydrogen-bond acceptors (Lipinski definition) is 5. The van der Waals surface area contributed by atoms with E-state index in [1.54, 1.807) is 24.5 Å². The molecule has 0 N–H and O–H groups in total. The number of nitrogens with zero attached hydrogens (tertiary/aromatic N) is 4. The zero-order chi connectivity index (χ0) is 10.9. The van der Waals surface area contributed by atoms with Crippen molar-refractivity contribution in [3.63, 3.8) is 0 Å². The molecule has 2 aromatic rings. The van der Waals surface area contributed by atoms with Crippen LogP contribution in [-0.4, -0.2) is 34.4 Å². The minimum Gasteiger partial charge on any atom is -0.227 e. The van der Waals surface area contributed by atoms with Crippen LogP contribution in [0.1, 0.15) is 0 Å². The molecule has 0 aliphatic rings. The molecular weight excluding hydrogens is 216 g/mol.